The Labute approximate surface area is 106 Å². The van der Waals surface area contributed by atoms with Gasteiger partial charge in [-0.1, -0.05) is 0 Å². The van der Waals surface area contributed by atoms with Crippen LogP contribution in [-0.4, -0.2) is 27.0 Å². The first-order valence-corrected chi connectivity index (χ1v) is 7.25. The van der Waals surface area contributed by atoms with Gasteiger partial charge in [-0.15, -0.1) is 0 Å². The molecule has 0 saturated carbocycles. The van der Waals surface area contributed by atoms with Crippen LogP contribution in [0, 0.1) is 5.82 Å². The maximum Gasteiger partial charge on any atom is 0.151 e. The Balaban J connectivity index is 3.28. The topological polar surface area (TPSA) is 81.4 Å². The van der Waals surface area contributed by atoms with Crippen LogP contribution in [0.15, 0.2) is 18.2 Å². The number of methoxy groups -OCH3 is 1. The highest BCUT2D eigenvalue weighted by molar-refractivity contribution is 7.91. The Bertz CT molecular complexity index is 519. The molecule has 1 aromatic rings. The van der Waals surface area contributed by atoms with Crippen molar-refractivity contribution < 1.29 is 17.5 Å². The fraction of sp³-hybridized carbons (Fsp3) is 0.455. The predicted octanol–water partition coefficient (Wildman–Crippen LogP) is 0.772. The van der Waals surface area contributed by atoms with Crippen molar-refractivity contribution in [2.24, 2.45) is 5.84 Å². The summed E-state index contributed by atoms with van der Waals surface area (Å²) < 4.78 is 41.5. The molecule has 1 aromatic carbocycles. The van der Waals surface area contributed by atoms with Crippen molar-refractivity contribution in [2.75, 3.05) is 13.4 Å². The standard InChI is InChI=1S/C11H17FN2O3S/c1-7(18(3,15)16)11(14-13)9-6-8(12)4-5-10(9)17-2/h4-7,11,14H,13H2,1-3H3. The van der Waals surface area contributed by atoms with E-state index < -0.39 is 26.9 Å². The van der Waals surface area contributed by atoms with Gasteiger partial charge in [0.05, 0.1) is 18.4 Å². The molecule has 0 aliphatic heterocycles. The first-order chi connectivity index (χ1) is 8.31. The smallest absolute Gasteiger partial charge is 0.151 e. The number of ether oxygens (including phenoxy) is 1. The van der Waals surface area contributed by atoms with Gasteiger partial charge in [0.15, 0.2) is 9.84 Å². The fourth-order valence-corrected chi connectivity index (χ4v) is 2.39. The van der Waals surface area contributed by atoms with Gasteiger partial charge >= 0.3 is 0 Å². The van der Waals surface area contributed by atoms with Gasteiger partial charge in [-0.25, -0.2) is 12.8 Å². The third kappa shape index (κ3) is 3.18. The summed E-state index contributed by atoms with van der Waals surface area (Å²) in [7, 11) is -1.89. The number of sulfone groups is 1. The summed E-state index contributed by atoms with van der Waals surface area (Å²) in [5.41, 5.74) is 2.77. The summed E-state index contributed by atoms with van der Waals surface area (Å²) in [5.74, 6) is 5.29. The lowest BCUT2D eigenvalue weighted by atomic mass is 10.0. The van der Waals surface area contributed by atoms with Crippen molar-refractivity contribution in [2.45, 2.75) is 18.2 Å². The van der Waals surface area contributed by atoms with Crippen LogP contribution in [0.2, 0.25) is 0 Å². The number of hydrogen-bond donors (Lipinski definition) is 2. The maximum absolute atomic E-state index is 13.3. The molecule has 0 bridgehead atoms. The first kappa shape index (κ1) is 14.9. The Hall–Kier alpha value is -1.18. The number of hydrazine groups is 1. The lowest BCUT2D eigenvalue weighted by molar-refractivity contribution is 0.395. The molecule has 0 spiro atoms. The van der Waals surface area contributed by atoms with Crippen LogP contribution in [0.3, 0.4) is 0 Å². The van der Waals surface area contributed by atoms with E-state index in [1.54, 1.807) is 0 Å². The van der Waals surface area contributed by atoms with E-state index in [1.807, 2.05) is 0 Å². The van der Waals surface area contributed by atoms with Gasteiger partial charge in [-0.05, 0) is 25.1 Å². The zero-order valence-corrected chi connectivity index (χ0v) is 11.3. The number of hydrogen-bond acceptors (Lipinski definition) is 5. The second-order valence-corrected chi connectivity index (χ2v) is 6.47. The molecule has 0 amide bonds. The summed E-state index contributed by atoms with van der Waals surface area (Å²) in [4.78, 5) is 0. The van der Waals surface area contributed by atoms with Crippen molar-refractivity contribution in [1.82, 2.24) is 5.43 Å². The second kappa shape index (κ2) is 5.64. The van der Waals surface area contributed by atoms with Gasteiger partial charge in [-0.2, -0.15) is 0 Å². The van der Waals surface area contributed by atoms with Crippen molar-refractivity contribution in [1.29, 1.82) is 0 Å². The average Bonchev–Trinajstić information content (AvgIpc) is 2.29. The van der Waals surface area contributed by atoms with Gasteiger partial charge in [0.2, 0.25) is 0 Å². The quantitative estimate of drug-likeness (QED) is 0.613. The van der Waals surface area contributed by atoms with Crippen LogP contribution in [0.5, 0.6) is 5.75 Å². The normalized spacial score (nSPS) is 15.2. The molecule has 0 radical (unpaired) electrons. The van der Waals surface area contributed by atoms with Crippen molar-refractivity contribution in [3.8, 4) is 5.75 Å². The molecule has 0 aromatic heterocycles. The second-order valence-electron chi connectivity index (χ2n) is 4.07. The summed E-state index contributed by atoms with van der Waals surface area (Å²) in [6.45, 7) is 1.50. The molecule has 2 atom stereocenters. The highest BCUT2D eigenvalue weighted by atomic mass is 32.2. The minimum Gasteiger partial charge on any atom is -0.496 e. The summed E-state index contributed by atoms with van der Waals surface area (Å²) >= 11 is 0. The zero-order chi connectivity index (χ0) is 13.9. The molecule has 0 fully saturated rings. The van der Waals surface area contributed by atoms with Gasteiger partial charge in [0.25, 0.3) is 0 Å². The zero-order valence-electron chi connectivity index (χ0n) is 10.5. The number of benzene rings is 1. The molecule has 2 unspecified atom stereocenters. The van der Waals surface area contributed by atoms with E-state index >= 15 is 0 Å². The first-order valence-electron chi connectivity index (χ1n) is 5.29. The van der Waals surface area contributed by atoms with Crippen LogP contribution in [0.1, 0.15) is 18.5 Å². The predicted molar refractivity (Wildman–Crippen MR) is 67.3 cm³/mol. The molecule has 0 saturated heterocycles. The number of nitrogens with one attached hydrogen (secondary N) is 1. The molecule has 0 aliphatic carbocycles. The van der Waals surface area contributed by atoms with Crippen LogP contribution in [0.4, 0.5) is 4.39 Å². The summed E-state index contributed by atoms with van der Waals surface area (Å²) in [6.07, 6.45) is 1.10. The van der Waals surface area contributed by atoms with Crippen molar-refractivity contribution in [3.05, 3.63) is 29.6 Å². The summed E-state index contributed by atoms with van der Waals surface area (Å²) in [6, 6.07) is 3.14. The number of nitrogens with two attached hydrogens (primary N) is 1. The van der Waals surface area contributed by atoms with E-state index in [9.17, 15) is 12.8 Å². The van der Waals surface area contributed by atoms with Crippen LogP contribution in [0.25, 0.3) is 0 Å². The minimum absolute atomic E-state index is 0.373. The Morgan fingerprint density at radius 2 is 2.06 bits per heavy atom. The number of rotatable bonds is 5. The molecular formula is C11H17FN2O3S. The molecule has 3 N–H and O–H groups in total. The van der Waals surface area contributed by atoms with Crippen molar-refractivity contribution >= 4 is 9.84 Å². The van der Waals surface area contributed by atoms with E-state index in [4.69, 9.17) is 10.6 Å². The molecule has 0 heterocycles. The molecule has 7 heteroatoms. The molecular weight excluding hydrogens is 259 g/mol. The third-order valence-electron chi connectivity index (χ3n) is 2.85. The van der Waals surface area contributed by atoms with Gasteiger partial charge < -0.3 is 4.74 Å². The van der Waals surface area contributed by atoms with Gasteiger partial charge in [0.1, 0.15) is 11.6 Å². The molecule has 18 heavy (non-hydrogen) atoms. The fourth-order valence-electron chi connectivity index (χ4n) is 1.67. The third-order valence-corrected chi connectivity index (χ3v) is 4.47. The SMILES string of the molecule is COc1ccc(F)cc1C(NN)C(C)S(C)(=O)=O. The molecule has 5 nitrogen and oxygen atoms in total. The average molecular weight is 276 g/mol. The molecule has 102 valence electrons. The van der Waals surface area contributed by atoms with E-state index in [0.29, 0.717) is 11.3 Å². The lowest BCUT2D eigenvalue weighted by Crippen LogP contribution is -2.39. The summed E-state index contributed by atoms with van der Waals surface area (Å²) in [5, 5.41) is -0.807. The molecule has 1 rings (SSSR count). The highest BCUT2D eigenvalue weighted by Gasteiger charge is 2.29. The maximum atomic E-state index is 13.3. The van der Waals surface area contributed by atoms with Gasteiger partial charge in [0, 0.05) is 11.8 Å². The van der Waals surface area contributed by atoms with Crippen molar-refractivity contribution in [3.63, 3.8) is 0 Å². The Kier molecular flexibility index (Phi) is 4.66. The van der Waals surface area contributed by atoms with E-state index in [-0.39, 0.29) is 0 Å². The monoisotopic (exact) mass is 276 g/mol. The largest absolute Gasteiger partial charge is 0.496 e. The molecule has 0 aliphatic rings. The van der Waals surface area contributed by atoms with E-state index in [2.05, 4.69) is 5.43 Å². The number of halogens is 1. The van der Waals surface area contributed by atoms with E-state index in [0.717, 1.165) is 6.26 Å². The van der Waals surface area contributed by atoms with Crippen LogP contribution >= 0.6 is 0 Å². The van der Waals surface area contributed by atoms with Crippen LogP contribution < -0.4 is 16.0 Å². The lowest BCUT2D eigenvalue weighted by Gasteiger charge is -2.24. The Morgan fingerprint density at radius 1 is 1.44 bits per heavy atom. The van der Waals surface area contributed by atoms with Gasteiger partial charge in [-0.3, -0.25) is 11.3 Å². The minimum atomic E-state index is -3.32. The highest BCUT2D eigenvalue weighted by Crippen LogP contribution is 2.29. The Morgan fingerprint density at radius 3 is 2.50 bits per heavy atom. The van der Waals surface area contributed by atoms with E-state index in [1.165, 1.54) is 32.2 Å². The van der Waals surface area contributed by atoms with Crippen LogP contribution in [-0.2, 0) is 9.84 Å².